The molecule has 0 aliphatic rings. The number of fused-ring (bicyclic) bond motifs is 8. The fraction of sp³-hybridized carbons (Fsp3) is 0.368. The smallest absolute Gasteiger partial charge is 0.322 e. The van der Waals surface area contributed by atoms with Gasteiger partial charge in [0.15, 0.2) is 0 Å². The van der Waals surface area contributed by atoms with Crippen molar-refractivity contribution in [2.45, 2.75) is 169 Å². The summed E-state index contributed by atoms with van der Waals surface area (Å²) in [5.74, 6) is 0. The molecule has 9 aromatic carbocycles. The standard InChI is InChI=1S/C54H75N5O2.C20H8Cl4.C2H5N3O2/c1-5-9-13-17-21-41-25-29-49-45(37-41)46-38-42(22-18-14-10-6-2)26-30-50(46)58(49)35-33-55-53(60)57-54(61)56-34-36-59-51-31-27-43(23-19-15-11-7-3)39-47(51)48-40-44(28-32-52(48)59)24-20-16-12-8-4;21-11-5-1-9-2-6-12(22)18-15(9)17(11)19-13(23)7-3-10-4-8-14(24)20(18)16(10)19;3-1(6)5-2(4)7/h25-32,37-40H,5-24,33-36H2,1-4H3,(H3,55,56,57,60,61);1-8H;(H5,3,4,5,6,7). The molecule has 16 heteroatoms. The first-order valence-electron chi connectivity index (χ1n) is 33.2. The number of benzene rings is 9. The van der Waals surface area contributed by atoms with Gasteiger partial charge in [0.25, 0.3) is 0 Å². The van der Waals surface area contributed by atoms with E-state index in [1.807, 2.05) is 48.5 Å². The second kappa shape index (κ2) is 33.4. The Bertz CT molecular complexity index is 3880. The summed E-state index contributed by atoms with van der Waals surface area (Å²) in [5.41, 5.74) is 19.2. The van der Waals surface area contributed by atoms with Crippen LogP contribution in [0.15, 0.2) is 121 Å². The number of aryl methyl sites for hydroxylation is 4. The number of halogens is 4. The SMILES string of the molecule is CCCCCCc1ccc2c(c1)c1cc(CCCCCC)ccc1n2CCNC(=O)NC(=O)NCCn1c2ccc(CCCCCC)cc2c2cc(CCCCCC)ccc21.Clc1ccc2ccc(Cl)c3c4c(Cl)ccc5ccc(Cl)c(c1c23)c54.NC(=O)NC(N)=O. The lowest BCUT2D eigenvalue weighted by Crippen LogP contribution is -2.46. The van der Waals surface area contributed by atoms with Gasteiger partial charge in [-0.25, -0.2) is 19.2 Å². The fourth-order valence-corrected chi connectivity index (χ4v) is 14.1. The van der Waals surface area contributed by atoms with Crippen molar-refractivity contribution in [3.05, 3.63) is 164 Å². The number of carbonyl (C=O) groups excluding carboxylic acids is 4. The van der Waals surface area contributed by atoms with Gasteiger partial charge in [-0.3, -0.25) is 10.6 Å². The maximum atomic E-state index is 13.0. The Morgan fingerprint density at radius 1 is 0.348 bits per heavy atom. The first kappa shape index (κ1) is 68.9. The van der Waals surface area contributed by atoms with E-state index in [0.29, 0.717) is 46.3 Å². The number of hydrogen-bond acceptors (Lipinski definition) is 4. The van der Waals surface area contributed by atoms with Gasteiger partial charge in [-0.15, -0.1) is 0 Å². The number of nitrogens with zero attached hydrogens (tertiary/aromatic N) is 2. The average Bonchev–Trinajstić information content (AvgIpc) is 1.04. The van der Waals surface area contributed by atoms with Crippen molar-refractivity contribution < 1.29 is 19.2 Å². The van der Waals surface area contributed by atoms with E-state index in [2.05, 4.69) is 137 Å². The van der Waals surface area contributed by atoms with Gasteiger partial charge in [-0.1, -0.05) is 200 Å². The maximum absolute atomic E-state index is 13.0. The highest BCUT2D eigenvalue weighted by molar-refractivity contribution is 6.53. The molecule has 0 unspecified atom stereocenters. The molecule has 0 aliphatic heterocycles. The molecule has 0 aliphatic carbocycles. The molecule has 92 heavy (non-hydrogen) atoms. The van der Waals surface area contributed by atoms with Crippen LogP contribution >= 0.6 is 46.4 Å². The molecule has 11 aromatic rings. The lowest BCUT2D eigenvalue weighted by molar-refractivity contribution is 0.226. The summed E-state index contributed by atoms with van der Waals surface area (Å²) in [4.78, 5) is 45.3. The zero-order valence-corrected chi connectivity index (χ0v) is 56.7. The van der Waals surface area contributed by atoms with Gasteiger partial charge in [0, 0.05) is 122 Å². The Kier molecular flexibility index (Phi) is 25.0. The number of primary amides is 2. The molecule has 0 radical (unpaired) electrons. The highest BCUT2D eigenvalue weighted by Crippen LogP contribution is 2.49. The number of hydrogen-bond donors (Lipinski definition) is 6. The average molecular weight is 1320 g/mol. The Hall–Kier alpha value is -7.48. The summed E-state index contributed by atoms with van der Waals surface area (Å²) in [6.45, 7) is 11.1. The summed E-state index contributed by atoms with van der Waals surface area (Å²) in [6, 6.07) is 40.5. The van der Waals surface area contributed by atoms with Crippen LogP contribution in [0.4, 0.5) is 19.2 Å². The highest BCUT2D eigenvalue weighted by atomic mass is 35.5. The number of imide groups is 2. The maximum Gasteiger partial charge on any atom is 0.322 e. The molecule has 0 saturated heterocycles. The third-order valence-electron chi connectivity index (χ3n) is 17.6. The van der Waals surface area contributed by atoms with Gasteiger partial charge in [-0.2, -0.15) is 0 Å². The van der Waals surface area contributed by atoms with E-state index in [9.17, 15) is 19.2 Å². The first-order valence-corrected chi connectivity index (χ1v) is 34.7. The number of nitrogens with two attached hydrogens (primary N) is 2. The van der Waals surface area contributed by atoms with Crippen molar-refractivity contribution in [1.82, 2.24) is 30.4 Å². The Morgan fingerprint density at radius 2 is 0.620 bits per heavy atom. The molecule has 11 rings (SSSR count). The molecule has 2 heterocycles. The van der Waals surface area contributed by atoms with Gasteiger partial charge in [0.05, 0.1) is 0 Å². The number of urea groups is 4. The molecular weight excluding hydrogens is 1230 g/mol. The summed E-state index contributed by atoms with van der Waals surface area (Å²) in [5, 5.41) is 25.6. The van der Waals surface area contributed by atoms with Crippen molar-refractivity contribution >= 4 is 157 Å². The minimum atomic E-state index is -0.938. The monoisotopic (exact) mass is 1320 g/mol. The Labute approximate surface area is 560 Å². The van der Waals surface area contributed by atoms with Crippen LogP contribution in [0, 0.1) is 0 Å². The largest absolute Gasteiger partial charge is 0.351 e. The van der Waals surface area contributed by atoms with Crippen LogP contribution in [0.25, 0.3) is 86.7 Å². The van der Waals surface area contributed by atoms with E-state index in [4.69, 9.17) is 46.4 Å². The number of amides is 8. The second-order valence-electron chi connectivity index (χ2n) is 24.3. The molecule has 8 N–H and O–H groups in total. The van der Waals surface area contributed by atoms with Crippen LogP contribution in [0.1, 0.15) is 153 Å². The lowest BCUT2D eigenvalue weighted by atomic mass is 9.89. The molecular formula is C76H88Cl4N8O4. The van der Waals surface area contributed by atoms with E-state index in [1.54, 1.807) is 5.32 Å². The van der Waals surface area contributed by atoms with Crippen molar-refractivity contribution in [1.29, 1.82) is 0 Å². The zero-order valence-electron chi connectivity index (χ0n) is 53.7. The van der Waals surface area contributed by atoms with Crippen LogP contribution in [-0.2, 0) is 38.8 Å². The molecule has 8 amide bonds. The van der Waals surface area contributed by atoms with Crippen LogP contribution < -0.4 is 32.7 Å². The predicted octanol–water partition coefficient (Wildman–Crippen LogP) is 21.2. The van der Waals surface area contributed by atoms with Gasteiger partial charge < -0.3 is 31.2 Å². The quantitative estimate of drug-likeness (QED) is 0.0180. The summed E-state index contributed by atoms with van der Waals surface area (Å²) >= 11 is 26.4. The lowest BCUT2D eigenvalue weighted by Gasteiger charge is -2.18. The van der Waals surface area contributed by atoms with E-state index in [1.165, 1.54) is 169 Å². The minimum absolute atomic E-state index is 0.401. The molecule has 0 saturated carbocycles. The summed E-state index contributed by atoms with van der Waals surface area (Å²) in [7, 11) is 0. The summed E-state index contributed by atoms with van der Waals surface area (Å²) < 4.78 is 4.65. The minimum Gasteiger partial charge on any atom is -0.351 e. The van der Waals surface area contributed by atoms with E-state index >= 15 is 0 Å². The number of nitrogens with one attached hydrogen (secondary N) is 4. The van der Waals surface area contributed by atoms with E-state index in [0.717, 1.165) is 68.8 Å². The number of unbranched alkanes of at least 4 members (excludes halogenated alkanes) is 12. The van der Waals surface area contributed by atoms with Gasteiger partial charge in [-0.05, 0) is 157 Å². The van der Waals surface area contributed by atoms with Crippen LogP contribution in [0.3, 0.4) is 0 Å². The van der Waals surface area contributed by atoms with Crippen LogP contribution in [0.5, 0.6) is 0 Å². The Balaban J connectivity index is 0.000000261. The number of carbonyl (C=O) groups is 4. The Morgan fingerprint density at radius 3 is 0.859 bits per heavy atom. The molecule has 0 bridgehead atoms. The number of aromatic nitrogens is 2. The topological polar surface area (TPSA) is 178 Å². The second-order valence-corrected chi connectivity index (χ2v) is 26.0. The molecule has 0 fully saturated rings. The van der Waals surface area contributed by atoms with Gasteiger partial charge in [0.1, 0.15) is 0 Å². The highest BCUT2D eigenvalue weighted by Gasteiger charge is 2.22. The van der Waals surface area contributed by atoms with Crippen molar-refractivity contribution in [2.24, 2.45) is 11.5 Å². The van der Waals surface area contributed by atoms with E-state index in [-0.39, 0.29) is 0 Å². The number of rotatable bonds is 26. The first-order chi connectivity index (χ1) is 44.6. The van der Waals surface area contributed by atoms with Gasteiger partial charge >= 0.3 is 24.1 Å². The van der Waals surface area contributed by atoms with Crippen molar-refractivity contribution in [3.8, 4) is 0 Å². The normalized spacial score (nSPS) is 11.5. The third kappa shape index (κ3) is 16.8. The van der Waals surface area contributed by atoms with Crippen molar-refractivity contribution in [2.75, 3.05) is 13.1 Å². The van der Waals surface area contributed by atoms with Crippen LogP contribution in [-0.4, -0.2) is 46.3 Å². The molecule has 2 aromatic heterocycles. The molecule has 0 atom stereocenters. The summed E-state index contributed by atoms with van der Waals surface area (Å²) in [6.07, 6.45) is 24.5. The molecule has 0 spiro atoms. The van der Waals surface area contributed by atoms with E-state index < -0.39 is 24.1 Å². The zero-order chi connectivity index (χ0) is 65.3. The molecule has 12 nitrogen and oxygen atoms in total. The fourth-order valence-electron chi connectivity index (χ4n) is 13.1. The third-order valence-corrected chi connectivity index (χ3v) is 18.9. The van der Waals surface area contributed by atoms with Crippen molar-refractivity contribution in [3.63, 3.8) is 0 Å². The molecule has 484 valence electrons. The van der Waals surface area contributed by atoms with Crippen LogP contribution in [0.2, 0.25) is 20.1 Å². The van der Waals surface area contributed by atoms with Gasteiger partial charge in [0.2, 0.25) is 0 Å². The predicted molar refractivity (Wildman–Crippen MR) is 390 cm³/mol.